The molecule has 1 aromatic rings. The molecule has 1 fully saturated rings. The lowest BCUT2D eigenvalue weighted by molar-refractivity contribution is -0.145. The summed E-state index contributed by atoms with van der Waals surface area (Å²) >= 11 is 0. The maximum atomic E-state index is 12.8. The Morgan fingerprint density at radius 1 is 1.23 bits per heavy atom. The van der Waals surface area contributed by atoms with Gasteiger partial charge in [0.2, 0.25) is 12.7 Å². The number of fused-ring (bicyclic) bond motifs is 1. The maximum Gasteiger partial charge on any atom is 0.309 e. The Kier molecular flexibility index (Phi) is 6.01. The normalized spacial score (nSPS) is 19.9. The summed E-state index contributed by atoms with van der Waals surface area (Å²) in [4.78, 5) is 26.6. The van der Waals surface area contributed by atoms with E-state index in [9.17, 15) is 9.59 Å². The third kappa shape index (κ3) is 4.48. The summed E-state index contributed by atoms with van der Waals surface area (Å²) < 4.78 is 15.8. The quantitative estimate of drug-likeness (QED) is 0.633. The van der Waals surface area contributed by atoms with Crippen molar-refractivity contribution in [1.29, 1.82) is 0 Å². The lowest BCUT2D eigenvalue weighted by Gasteiger charge is -2.23. The summed E-state index contributed by atoms with van der Waals surface area (Å²) in [5.41, 5.74) is 0.915. The van der Waals surface area contributed by atoms with Gasteiger partial charge < -0.3 is 19.1 Å². The molecule has 1 amide bonds. The molecule has 0 saturated heterocycles. The van der Waals surface area contributed by atoms with Gasteiger partial charge in [0, 0.05) is 13.1 Å². The van der Waals surface area contributed by atoms with Crippen LogP contribution in [0.4, 0.5) is 0 Å². The van der Waals surface area contributed by atoms with Crippen molar-refractivity contribution in [2.24, 2.45) is 11.8 Å². The molecule has 1 heterocycles. The Balaban J connectivity index is 1.58. The van der Waals surface area contributed by atoms with Crippen LogP contribution < -0.4 is 9.47 Å². The molecule has 2 atom stereocenters. The standard InChI is InChI=1S/C20H27NO5/c1-3-5-8-21(12-15-11-16(15)20(23)24-4-2)19(22)10-14-6-7-17-18(9-14)26-13-25-17/h6-7,9,15-16H,3-5,8,10-13H2,1-2H3/t15-,16+/m0/s1. The van der Waals surface area contributed by atoms with Crippen LogP contribution in [0.25, 0.3) is 0 Å². The molecule has 2 aliphatic rings. The van der Waals surface area contributed by atoms with Gasteiger partial charge >= 0.3 is 5.97 Å². The zero-order valence-corrected chi connectivity index (χ0v) is 15.5. The number of rotatable bonds is 9. The van der Waals surface area contributed by atoms with E-state index in [-0.39, 0.29) is 30.5 Å². The largest absolute Gasteiger partial charge is 0.466 e. The van der Waals surface area contributed by atoms with Gasteiger partial charge in [-0.3, -0.25) is 9.59 Å². The Morgan fingerprint density at radius 2 is 2.04 bits per heavy atom. The Labute approximate surface area is 154 Å². The molecule has 1 aliphatic heterocycles. The highest BCUT2D eigenvalue weighted by Gasteiger charge is 2.45. The first kappa shape index (κ1) is 18.5. The van der Waals surface area contributed by atoms with E-state index in [4.69, 9.17) is 14.2 Å². The van der Waals surface area contributed by atoms with Crippen LogP contribution in [0.2, 0.25) is 0 Å². The molecule has 142 valence electrons. The molecule has 6 nitrogen and oxygen atoms in total. The van der Waals surface area contributed by atoms with Crippen LogP contribution in [-0.2, 0) is 20.7 Å². The van der Waals surface area contributed by atoms with Gasteiger partial charge in [-0.05, 0) is 43.4 Å². The summed E-state index contributed by atoms with van der Waals surface area (Å²) in [6.07, 6.45) is 3.14. The molecule has 1 saturated carbocycles. The van der Waals surface area contributed by atoms with Crippen molar-refractivity contribution < 1.29 is 23.8 Å². The van der Waals surface area contributed by atoms with Gasteiger partial charge in [0.05, 0.1) is 18.9 Å². The van der Waals surface area contributed by atoms with Gasteiger partial charge in [0.15, 0.2) is 11.5 Å². The average Bonchev–Trinajstić information content (AvgIpc) is 3.25. The molecule has 26 heavy (non-hydrogen) atoms. The van der Waals surface area contributed by atoms with E-state index in [0.29, 0.717) is 25.3 Å². The molecule has 0 bridgehead atoms. The van der Waals surface area contributed by atoms with Gasteiger partial charge in [-0.15, -0.1) is 0 Å². The molecule has 0 radical (unpaired) electrons. The predicted molar refractivity (Wildman–Crippen MR) is 96.0 cm³/mol. The number of amides is 1. The van der Waals surface area contributed by atoms with Crippen molar-refractivity contribution in [2.45, 2.75) is 39.5 Å². The highest BCUT2D eigenvalue weighted by Crippen LogP contribution is 2.40. The zero-order chi connectivity index (χ0) is 18.5. The van der Waals surface area contributed by atoms with E-state index in [1.807, 2.05) is 30.0 Å². The fraction of sp³-hybridized carbons (Fsp3) is 0.600. The number of carbonyl (C=O) groups is 2. The third-order valence-corrected chi connectivity index (χ3v) is 4.89. The van der Waals surface area contributed by atoms with Crippen LogP contribution in [0, 0.1) is 11.8 Å². The lowest BCUT2D eigenvalue weighted by Crippen LogP contribution is -2.35. The van der Waals surface area contributed by atoms with Gasteiger partial charge in [-0.2, -0.15) is 0 Å². The molecule has 0 N–H and O–H groups in total. The number of carbonyl (C=O) groups excluding carboxylic acids is 2. The minimum atomic E-state index is -0.129. The first-order chi connectivity index (χ1) is 12.6. The molecule has 3 rings (SSSR count). The first-order valence-corrected chi connectivity index (χ1v) is 9.45. The number of ether oxygens (including phenoxy) is 3. The fourth-order valence-electron chi connectivity index (χ4n) is 3.27. The number of unbranched alkanes of at least 4 members (excludes halogenated alkanes) is 1. The lowest BCUT2D eigenvalue weighted by atomic mass is 10.1. The van der Waals surface area contributed by atoms with Crippen LogP contribution in [0.5, 0.6) is 11.5 Å². The Hall–Kier alpha value is -2.24. The Bertz CT molecular complexity index is 660. The molecule has 1 aromatic carbocycles. The van der Waals surface area contributed by atoms with Crippen molar-refractivity contribution in [2.75, 3.05) is 26.5 Å². The first-order valence-electron chi connectivity index (χ1n) is 9.45. The second-order valence-corrected chi connectivity index (χ2v) is 6.91. The number of hydrogen-bond donors (Lipinski definition) is 0. The van der Waals surface area contributed by atoms with Crippen LogP contribution in [0.1, 0.15) is 38.7 Å². The molecule has 0 aromatic heterocycles. The highest BCUT2D eigenvalue weighted by atomic mass is 16.7. The number of hydrogen-bond acceptors (Lipinski definition) is 5. The van der Waals surface area contributed by atoms with E-state index < -0.39 is 0 Å². The molecule has 1 aliphatic carbocycles. The monoisotopic (exact) mass is 361 g/mol. The molecule has 0 unspecified atom stereocenters. The average molecular weight is 361 g/mol. The van der Waals surface area contributed by atoms with Gasteiger partial charge in [-0.1, -0.05) is 19.4 Å². The van der Waals surface area contributed by atoms with E-state index in [2.05, 4.69) is 6.92 Å². The third-order valence-electron chi connectivity index (χ3n) is 4.89. The molecular weight excluding hydrogens is 334 g/mol. The summed E-state index contributed by atoms with van der Waals surface area (Å²) in [6.45, 7) is 5.92. The molecule has 0 spiro atoms. The van der Waals surface area contributed by atoms with Crippen molar-refractivity contribution in [3.8, 4) is 11.5 Å². The number of benzene rings is 1. The summed E-state index contributed by atoms with van der Waals surface area (Å²) in [7, 11) is 0. The topological polar surface area (TPSA) is 65.1 Å². The van der Waals surface area contributed by atoms with Crippen LogP contribution in [0.3, 0.4) is 0 Å². The van der Waals surface area contributed by atoms with Crippen molar-refractivity contribution >= 4 is 11.9 Å². The second-order valence-electron chi connectivity index (χ2n) is 6.91. The van der Waals surface area contributed by atoms with Gasteiger partial charge in [0.1, 0.15) is 0 Å². The fourth-order valence-corrected chi connectivity index (χ4v) is 3.27. The maximum absolute atomic E-state index is 12.8. The smallest absolute Gasteiger partial charge is 0.309 e. The van der Waals surface area contributed by atoms with Gasteiger partial charge in [-0.25, -0.2) is 0 Å². The summed E-state index contributed by atoms with van der Waals surface area (Å²) in [5.74, 6) is 1.56. The summed E-state index contributed by atoms with van der Waals surface area (Å²) in [6, 6.07) is 5.62. The highest BCUT2D eigenvalue weighted by molar-refractivity contribution is 5.80. The molecular formula is C20H27NO5. The number of esters is 1. The SMILES string of the molecule is CCCCN(C[C@@H]1C[C@H]1C(=O)OCC)C(=O)Cc1ccc2c(c1)OCO2. The van der Waals surface area contributed by atoms with Crippen molar-refractivity contribution in [1.82, 2.24) is 4.90 Å². The predicted octanol–water partition coefficient (Wildman–Crippen LogP) is 2.79. The van der Waals surface area contributed by atoms with Crippen molar-refractivity contribution in [3.05, 3.63) is 23.8 Å². The minimum Gasteiger partial charge on any atom is -0.466 e. The summed E-state index contributed by atoms with van der Waals surface area (Å²) in [5, 5.41) is 0. The van der Waals surface area contributed by atoms with E-state index in [1.165, 1.54) is 0 Å². The second kappa shape index (κ2) is 8.43. The van der Waals surface area contributed by atoms with E-state index >= 15 is 0 Å². The molecule has 6 heteroatoms. The number of nitrogens with zero attached hydrogens (tertiary/aromatic N) is 1. The van der Waals surface area contributed by atoms with Crippen LogP contribution in [0.15, 0.2) is 18.2 Å². The van der Waals surface area contributed by atoms with E-state index in [1.54, 1.807) is 0 Å². The van der Waals surface area contributed by atoms with Crippen LogP contribution >= 0.6 is 0 Å². The van der Waals surface area contributed by atoms with Gasteiger partial charge in [0.25, 0.3) is 0 Å². The van der Waals surface area contributed by atoms with Crippen molar-refractivity contribution in [3.63, 3.8) is 0 Å². The van der Waals surface area contributed by atoms with E-state index in [0.717, 1.165) is 37.1 Å². The zero-order valence-electron chi connectivity index (χ0n) is 15.5. The minimum absolute atomic E-state index is 0.0441. The Morgan fingerprint density at radius 3 is 2.81 bits per heavy atom. The van der Waals surface area contributed by atoms with Crippen LogP contribution in [-0.4, -0.2) is 43.3 Å².